The first-order valence-corrected chi connectivity index (χ1v) is 20.9. The fourth-order valence-corrected chi connectivity index (χ4v) is 6.45. The van der Waals surface area contributed by atoms with Crippen LogP contribution in [0, 0.1) is 13.0 Å². The third-order valence-electron chi connectivity index (χ3n) is 7.51. The number of benzene rings is 4. The number of fused-ring (bicyclic) bond motifs is 4. The molecule has 1 aliphatic heterocycles. The maximum Gasteiger partial charge on any atom is 0.0920 e. The summed E-state index contributed by atoms with van der Waals surface area (Å²) in [7, 11) is 10.7. The molecule has 0 nitrogen and oxygen atoms in total. The molecule has 0 bridgehead atoms. The summed E-state index contributed by atoms with van der Waals surface area (Å²) in [5.74, 6) is 0.243. The normalized spacial score (nSPS) is 12.7. The van der Waals surface area contributed by atoms with Crippen molar-refractivity contribution in [3.05, 3.63) is 113 Å². The van der Waals surface area contributed by atoms with E-state index in [9.17, 15) is 26.3 Å². The summed E-state index contributed by atoms with van der Waals surface area (Å²) < 4.78 is 79.5. The van der Waals surface area contributed by atoms with E-state index in [2.05, 4.69) is 42.5 Å². The van der Waals surface area contributed by atoms with Gasteiger partial charge in [-0.2, -0.15) is 61.9 Å². The molecule has 1 atom stereocenters. The van der Waals surface area contributed by atoms with Gasteiger partial charge in [-0.1, -0.05) is 66.4 Å². The van der Waals surface area contributed by atoms with Crippen LogP contribution in [-0.2, 0) is 33.2 Å². The molecule has 226 valence electrons. The molecule has 1 aliphatic rings. The maximum absolute atomic E-state index is 13.3. The van der Waals surface area contributed by atoms with E-state index in [1.54, 1.807) is 13.0 Å². The SMILES string of the molecule is CCC(C)c1cc2c(-c3cc(C(F)(F)F)cc(C(F)(F)F)c3)c(C)ccc2[cH-]1.[Cl][Zr+2][Cl].[c-]1cccc2c1[Si]c1ccccc1-2. The molecule has 5 aromatic carbocycles. The molecule has 2 radical (unpaired) electrons. The summed E-state index contributed by atoms with van der Waals surface area (Å²) in [5.41, 5.74) is 2.14. The third kappa shape index (κ3) is 7.93. The standard InChI is InChI=1S/C22H19F6.C12H7Si.2ClH.Zr/c1-4-12(2)15-7-14-6-5-13(3)20(19(14)10-15)16-8-17(21(23,24)25)11-18(9-16)22(26,27)28;1-3-7-11-9(5-1)10-6-2-4-8-12(10)13-11;;;/h5-12H,4H2,1-3H3;1-7H;2*1H;/q2*-1;;;+4/p-2. The summed E-state index contributed by atoms with van der Waals surface area (Å²) in [6, 6.07) is 27.3. The van der Waals surface area contributed by atoms with Gasteiger partial charge in [-0.15, -0.1) is 40.1 Å². The zero-order chi connectivity index (χ0) is 32.2. The Kier molecular flexibility index (Phi) is 11.4. The Morgan fingerprint density at radius 2 is 1.48 bits per heavy atom. The largest absolute Gasteiger partial charge is 0.184 e. The van der Waals surface area contributed by atoms with E-state index in [1.807, 2.05) is 38.1 Å². The van der Waals surface area contributed by atoms with Crippen molar-refractivity contribution >= 4 is 47.7 Å². The van der Waals surface area contributed by atoms with Gasteiger partial charge in [0.05, 0.1) is 20.6 Å². The third-order valence-corrected chi connectivity index (χ3v) is 8.88. The van der Waals surface area contributed by atoms with Crippen LogP contribution in [0.25, 0.3) is 33.0 Å². The van der Waals surface area contributed by atoms with E-state index in [4.69, 9.17) is 17.0 Å². The molecule has 10 heteroatoms. The van der Waals surface area contributed by atoms with Gasteiger partial charge in [-0.25, -0.2) is 0 Å². The first-order valence-electron chi connectivity index (χ1n) is 13.6. The second-order valence-corrected chi connectivity index (χ2v) is 15.4. The van der Waals surface area contributed by atoms with Gasteiger partial charge in [0.15, 0.2) is 0 Å². The van der Waals surface area contributed by atoms with E-state index in [0.717, 1.165) is 39.0 Å². The minimum absolute atomic E-state index is 0.0773. The Morgan fingerprint density at radius 1 is 0.864 bits per heavy atom. The maximum atomic E-state index is 13.3. The molecule has 0 fully saturated rings. The molecule has 0 spiro atoms. The van der Waals surface area contributed by atoms with Crippen molar-refractivity contribution in [1.82, 2.24) is 0 Å². The minimum atomic E-state index is -4.87. The van der Waals surface area contributed by atoms with Gasteiger partial charge in [0.1, 0.15) is 0 Å². The minimum Gasteiger partial charge on any atom is -0.184 e. The van der Waals surface area contributed by atoms with Crippen molar-refractivity contribution in [2.45, 2.75) is 45.5 Å². The number of aryl methyl sites for hydroxylation is 1. The van der Waals surface area contributed by atoms with E-state index in [1.165, 1.54) is 21.5 Å². The second kappa shape index (κ2) is 14.5. The van der Waals surface area contributed by atoms with E-state index < -0.39 is 44.3 Å². The smallest absolute Gasteiger partial charge is 0.0920 e. The fraction of sp³-hybridized carbons (Fsp3) is 0.206. The molecule has 5 aromatic rings. The predicted octanol–water partition coefficient (Wildman–Crippen LogP) is 10.6. The Balaban J connectivity index is 0.000000226. The molecule has 1 heterocycles. The Labute approximate surface area is 274 Å². The van der Waals surface area contributed by atoms with Gasteiger partial charge >= 0.3 is 50.2 Å². The average Bonchev–Trinajstić information content (AvgIpc) is 3.58. The van der Waals surface area contributed by atoms with Gasteiger partial charge in [-0.3, -0.25) is 0 Å². The predicted molar refractivity (Wildman–Crippen MR) is 166 cm³/mol. The summed E-state index contributed by atoms with van der Waals surface area (Å²) in [4.78, 5) is 0. The first kappa shape index (κ1) is 34.6. The summed E-state index contributed by atoms with van der Waals surface area (Å²) in [6.07, 6.45) is -8.86. The molecule has 44 heavy (non-hydrogen) atoms. The molecule has 0 aromatic heterocycles. The summed E-state index contributed by atoms with van der Waals surface area (Å²) >= 11 is -0.826. The monoisotopic (exact) mass is 736 g/mol. The van der Waals surface area contributed by atoms with Crippen LogP contribution >= 0.6 is 17.0 Å². The first-order chi connectivity index (χ1) is 20.8. The van der Waals surface area contributed by atoms with Crippen LogP contribution in [-0.4, -0.2) is 9.52 Å². The topological polar surface area (TPSA) is 0 Å². The quantitative estimate of drug-likeness (QED) is 0.0964. The number of hydrogen-bond donors (Lipinski definition) is 0. The molecule has 0 aliphatic carbocycles. The van der Waals surface area contributed by atoms with Crippen molar-refractivity contribution in [1.29, 1.82) is 0 Å². The van der Waals surface area contributed by atoms with E-state index >= 15 is 0 Å². The Morgan fingerprint density at radius 3 is 2.09 bits per heavy atom. The Bertz CT molecular complexity index is 1670. The van der Waals surface area contributed by atoms with Crippen LogP contribution in [0.1, 0.15) is 48.4 Å². The summed E-state index contributed by atoms with van der Waals surface area (Å²) in [6.45, 7) is 5.75. The molecule has 1 unspecified atom stereocenters. The molecule has 0 saturated carbocycles. The molecule has 0 saturated heterocycles. The van der Waals surface area contributed by atoms with Crippen LogP contribution < -0.4 is 10.4 Å². The molecule has 0 amide bonds. The fourth-order valence-electron chi connectivity index (χ4n) is 5.14. The Hall–Kier alpha value is -2.25. The number of rotatable bonds is 3. The van der Waals surface area contributed by atoms with E-state index in [0.29, 0.717) is 16.5 Å². The van der Waals surface area contributed by atoms with Crippen LogP contribution in [0.3, 0.4) is 0 Å². The van der Waals surface area contributed by atoms with Gasteiger partial charge in [-0.05, 0) is 36.6 Å². The molecular formula is C34H26Cl2F6SiZr. The van der Waals surface area contributed by atoms with E-state index in [-0.39, 0.29) is 17.5 Å². The van der Waals surface area contributed by atoms with Crippen molar-refractivity contribution in [2.75, 3.05) is 0 Å². The second-order valence-electron chi connectivity index (χ2n) is 10.4. The number of hydrogen-bond acceptors (Lipinski definition) is 0. The van der Waals surface area contributed by atoms with Crippen molar-refractivity contribution in [3.63, 3.8) is 0 Å². The molecule has 6 rings (SSSR count). The number of halogens is 8. The van der Waals surface area contributed by atoms with Gasteiger partial charge in [0.2, 0.25) is 0 Å². The van der Waals surface area contributed by atoms with Crippen LogP contribution in [0.15, 0.2) is 84.9 Å². The molecular weight excluding hydrogens is 713 g/mol. The zero-order valence-corrected chi connectivity index (χ0v) is 28.9. The van der Waals surface area contributed by atoms with Gasteiger partial charge < -0.3 is 0 Å². The number of alkyl halides is 6. The summed E-state index contributed by atoms with van der Waals surface area (Å²) in [5, 5.41) is 4.30. The van der Waals surface area contributed by atoms with Gasteiger partial charge in [0, 0.05) is 0 Å². The zero-order valence-electron chi connectivity index (χ0n) is 23.9. The van der Waals surface area contributed by atoms with Crippen LogP contribution in [0.5, 0.6) is 0 Å². The van der Waals surface area contributed by atoms with Crippen molar-refractivity contribution < 1.29 is 47.2 Å². The average molecular weight is 739 g/mol. The van der Waals surface area contributed by atoms with Crippen LogP contribution in [0.2, 0.25) is 0 Å². The van der Waals surface area contributed by atoms with Gasteiger partial charge in [0.25, 0.3) is 0 Å². The van der Waals surface area contributed by atoms with Crippen molar-refractivity contribution in [2.24, 2.45) is 0 Å². The molecule has 0 N–H and O–H groups in total. The van der Waals surface area contributed by atoms with Crippen LogP contribution in [0.4, 0.5) is 26.3 Å². The van der Waals surface area contributed by atoms with Crippen molar-refractivity contribution in [3.8, 4) is 22.3 Å².